The topological polar surface area (TPSA) is 88.9 Å². The van der Waals surface area contributed by atoms with Crippen molar-refractivity contribution in [2.75, 3.05) is 11.1 Å². The van der Waals surface area contributed by atoms with Crippen LogP contribution in [0.2, 0.25) is 10.0 Å². The summed E-state index contributed by atoms with van der Waals surface area (Å²) < 4.78 is 1.74. The van der Waals surface area contributed by atoms with Crippen LogP contribution in [-0.4, -0.2) is 32.3 Å². The monoisotopic (exact) mass is 463 g/mol. The Labute approximate surface area is 188 Å². The quantitative estimate of drug-likeness (QED) is 0.515. The second-order valence-corrected chi connectivity index (χ2v) is 8.26. The third-order valence-electron chi connectivity index (χ3n) is 4.15. The van der Waals surface area contributed by atoms with Crippen LogP contribution in [0.5, 0.6) is 0 Å². The molecule has 1 aromatic heterocycles. The summed E-state index contributed by atoms with van der Waals surface area (Å²) in [6.45, 7) is 2.15. The molecule has 0 saturated carbocycles. The maximum Gasteiger partial charge on any atom is 0.251 e. The number of benzene rings is 2. The lowest BCUT2D eigenvalue weighted by molar-refractivity contribution is -0.113. The Morgan fingerprint density at radius 1 is 1.13 bits per heavy atom. The van der Waals surface area contributed by atoms with Crippen molar-refractivity contribution >= 4 is 52.5 Å². The van der Waals surface area contributed by atoms with Crippen LogP contribution in [0, 0.1) is 6.92 Å². The van der Waals surface area contributed by atoms with E-state index < -0.39 is 0 Å². The van der Waals surface area contributed by atoms with Gasteiger partial charge in [-0.1, -0.05) is 52.7 Å². The largest absolute Gasteiger partial charge is 0.345 e. The molecule has 2 N–H and O–H groups in total. The highest BCUT2D eigenvalue weighted by molar-refractivity contribution is 7.99. The number of nitrogens with one attached hydrogen (secondary N) is 2. The Morgan fingerprint density at radius 3 is 2.70 bits per heavy atom. The average molecular weight is 464 g/mol. The zero-order valence-corrected chi connectivity index (χ0v) is 18.6. The molecule has 10 heteroatoms. The molecule has 0 bridgehead atoms. The summed E-state index contributed by atoms with van der Waals surface area (Å²) in [6, 6.07) is 12.2. The highest BCUT2D eigenvalue weighted by Gasteiger charge is 2.14. The third-order valence-corrected chi connectivity index (χ3v) is 5.73. The summed E-state index contributed by atoms with van der Waals surface area (Å²) in [6.07, 6.45) is 0. The standard InChI is InChI=1S/C20H19Cl2N5O2S/c1-12-4-3-5-13(8-12)19(29)23-10-17-25-26-20(27(17)2)30-11-18(28)24-16-9-14(21)6-7-15(16)22/h3-9H,10-11H2,1-2H3,(H,23,29)(H,24,28). The van der Waals surface area contributed by atoms with Crippen LogP contribution in [0.25, 0.3) is 0 Å². The minimum Gasteiger partial charge on any atom is -0.345 e. The zero-order valence-electron chi connectivity index (χ0n) is 16.3. The lowest BCUT2D eigenvalue weighted by Crippen LogP contribution is -2.24. The first-order valence-corrected chi connectivity index (χ1v) is 10.7. The Hall–Kier alpha value is -2.55. The van der Waals surface area contributed by atoms with Gasteiger partial charge in [-0.2, -0.15) is 0 Å². The van der Waals surface area contributed by atoms with Gasteiger partial charge in [0.25, 0.3) is 5.91 Å². The minimum absolute atomic E-state index is 0.116. The molecule has 1 heterocycles. The smallest absolute Gasteiger partial charge is 0.251 e. The first-order valence-electron chi connectivity index (χ1n) is 8.94. The molecule has 0 saturated heterocycles. The van der Waals surface area contributed by atoms with Crippen molar-refractivity contribution in [3.05, 3.63) is 69.5 Å². The van der Waals surface area contributed by atoms with Crippen LogP contribution >= 0.6 is 35.0 Å². The second-order valence-electron chi connectivity index (χ2n) is 6.47. The summed E-state index contributed by atoms with van der Waals surface area (Å²) >= 11 is 13.2. The van der Waals surface area contributed by atoms with E-state index >= 15 is 0 Å². The highest BCUT2D eigenvalue weighted by atomic mass is 35.5. The van der Waals surface area contributed by atoms with E-state index in [1.54, 1.807) is 35.9 Å². The van der Waals surface area contributed by atoms with Gasteiger partial charge in [-0.3, -0.25) is 9.59 Å². The van der Waals surface area contributed by atoms with Crippen molar-refractivity contribution in [2.45, 2.75) is 18.6 Å². The van der Waals surface area contributed by atoms with Crippen molar-refractivity contribution in [3.63, 3.8) is 0 Å². The molecular weight excluding hydrogens is 445 g/mol. The predicted octanol–water partition coefficient (Wildman–Crippen LogP) is 4.09. The predicted molar refractivity (Wildman–Crippen MR) is 119 cm³/mol. The number of halogens is 2. The molecular formula is C20H19Cl2N5O2S. The van der Waals surface area contributed by atoms with Crippen molar-refractivity contribution in [1.29, 1.82) is 0 Å². The number of thioether (sulfide) groups is 1. The van der Waals surface area contributed by atoms with Gasteiger partial charge in [0.15, 0.2) is 11.0 Å². The average Bonchev–Trinajstić information content (AvgIpc) is 3.07. The van der Waals surface area contributed by atoms with Gasteiger partial charge in [-0.05, 0) is 37.3 Å². The Bertz CT molecular complexity index is 1090. The summed E-state index contributed by atoms with van der Waals surface area (Å²) in [5.41, 5.74) is 2.05. The molecule has 0 aliphatic carbocycles. The van der Waals surface area contributed by atoms with Gasteiger partial charge in [0.05, 0.1) is 23.0 Å². The molecule has 0 spiro atoms. The number of hydrogen-bond acceptors (Lipinski definition) is 5. The van der Waals surface area contributed by atoms with Crippen molar-refractivity contribution in [2.24, 2.45) is 7.05 Å². The molecule has 0 radical (unpaired) electrons. The van der Waals surface area contributed by atoms with E-state index in [0.29, 0.717) is 32.3 Å². The van der Waals surface area contributed by atoms with Crippen molar-refractivity contribution in [3.8, 4) is 0 Å². The van der Waals surface area contributed by atoms with Gasteiger partial charge < -0.3 is 15.2 Å². The Kier molecular flexibility index (Phi) is 7.36. The number of amides is 2. The summed E-state index contributed by atoms with van der Waals surface area (Å²) in [4.78, 5) is 24.5. The van der Waals surface area contributed by atoms with Crippen LogP contribution in [0.4, 0.5) is 5.69 Å². The summed E-state index contributed by atoms with van der Waals surface area (Å²) in [5.74, 6) is 0.261. The Morgan fingerprint density at radius 2 is 1.93 bits per heavy atom. The van der Waals surface area contributed by atoms with E-state index in [1.165, 1.54) is 11.8 Å². The number of aryl methyl sites for hydroxylation is 1. The van der Waals surface area contributed by atoms with E-state index in [1.807, 2.05) is 25.1 Å². The molecule has 7 nitrogen and oxygen atoms in total. The number of anilines is 1. The van der Waals surface area contributed by atoms with Gasteiger partial charge in [0, 0.05) is 17.6 Å². The second kappa shape index (κ2) is 9.97. The molecule has 0 aliphatic rings. The molecule has 0 atom stereocenters. The third kappa shape index (κ3) is 5.75. The number of carbonyl (C=O) groups is 2. The maximum atomic E-state index is 12.3. The molecule has 2 aromatic carbocycles. The zero-order chi connectivity index (χ0) is 21.7. The van der Waals surface area contributed by atoms with E-state index in [0.717, 1.165) is 5.56 Å². The first kappa shape index (κ1) is 22.1. The highest BCUT2D eigenvalue weighted by Crippen LogP contribution is 2.26. The lowest BCUT2D eigenvalue weighted by Gasteiger charge is -2.08. The van der Waals surface area contributed by atoms with E-state index in [9.17, 15) is 9.59 Å². The number of carbonyl (C=O) groups excluding carboxylic acids is 2. The number of nitrogens with zero attached hydrogens (tertiary/aromatic N) is 3. The van der Waals surface area contributed by atoms with Crippen LogP contribution < -0.4 is 10.6 Å². The Balaban J connectivity index is 1.54. The van der Waals surface area contributed by atoms with Gasteiger partial charge in [0.2, 0.25) is 5.91 Å². The van der Waals surface area contributed by atoms with Gasteiger partial charge in [0.1, 0.15) is 0 Å². The lowest BCUT2D eigenvalue weighted by atomic mass is 10.1. The molecule has 3 aromatic rings. The number of aromatic nitrogens is 3. The summed E-state index contributed by atoms with van der Waals surface area (Å²) in [5, 5.41) is 15.2. The normalized spacial score (nSPS) is 10.7. The minimum atomic E-state index is -0.249. The fourth-order valence-electron chi connectivity index (χ4n) is 2.58. The van der Waals surface area contributed by atoms with E-state index in [4.69, 9.17) is 23.2 Å². The van der Waals surface area contributed by atoms with Crippen LogP contribution in [-0.2, 0) is 18.4 Å². The molecule has 0 unspecified atom stereocenters. The SMILES string of the molecule is Cc1cccc(C(=O)NCc2nnc(SCC(=O)Nc3cc(Cl)ccc3Cl)n2C)c1. The van der Waals surface area contributed by atoms with Crippen molar-refractivity contribution < 1.29 is 9.59 Å². The first-order chi connectivity index (χ1) is 14.3. The molecule has 30 heavy (non-hydrogen) atoms. The molecule has 2 amide bonds. The molecule has 156 valence electrons. The van der Waals surface area contributed by atoms with Gasteiger partial charge >= 0.3 is 0 Å². The van der Waals surface area contributed by atoms with Gasteiger partial charge in [-0.25, -0.2) is 0 Å². The van der Waals surface area contributed by atoms with E-state index in [2.05, 4.69) is 20.8 Å². The van der Waals surface area contributed by atoms with Gasteiger partial charge in [-0.15, -0.1) is 10.2 Å². The van der Waals surface area contributed by atoms with Crippen molar-refractivity contribution in [1.82, 2.24) is 20.1 Å². The number of hydrogen-bond donors (Lipinski definition) is 2. The van der Waals surface area contributed by atoms with Crippen LogP contribution in [0.3, 0.4) is 0 Å². The fraction of sp³-hybridized carbons (Fsp3) is 0.200. The maximum absolute atomic E-state index is 12.3. The fourth-order valence-corrected chi connectivity index (χ4v) is 3.65. The molecule has 3 rings (SSSR count). The number of rotatable bonds is 7. The summed E-state index contributed by atoms with van der Waals surface area (Å²) in [7, 11) is 1.78. The molecule has 0 fully saturated rings. The molecule has 0 aliphatic heterocycles. The van der Waals surface area contributed by atoms with Crippen LogP contribution in [0.1, 0.15) is 21.7 Å². The van der Waals surface area contributed by atoms with Crippen LogP contribution in [0.15, 0.2) is 47.6 Å². The van der Waals surface area contributed by atoms with E-state index in [-0.39, 0.29) is 24.1 Å².